The smallest absolute Gasteiger partial charge is 0.0964 e. The third-order valence-electron chi connectivity index (χ3n) is 2.37. The molecule has 2 aromatic carbocycles. The predicted molar refractivity (Wildman–Crippen MR) is 65.7 cm³/mol. The van der Waals surface area contributed by atoms with Gasteiger partial charge >= 0.3 is 0 Å². The highest BCUT2D eigenvalue weighted by molar-refractivity contribution is 8.17. The fourth-order valence-corrected chi connectivity index (χ4v) is 3.25. The second-order valence-corrected chi connectivity index (χ2v) is 5.65. The molecule has 0 bridgehead atoms. The van der Waals surface area contributed by atoms with Crippen molar-refractivity contribution < 1.29 is 4.18 Å². The molecule has 0 aliphatic rings. The van der Waals surface area contributed by atoms with Crippen LogP contribution in [0.25, 0.3) is 0 Å². The van der Waals surface area contributed by atoms with E-state index in [1.54, 1.807) is 0 Å². The van der Waals surface area contributed by atoms with Crippen molar-refractivity contribution in [2.45, 2.75) is 9.79 Å². The van der Waals surface area contributed by atoms with E-state index in [9.17, 15) is 4.61 Å². The molecule has 0 aliphatic heterocycles. The van der Waals surface area contributed by atoms with Gasteiger partial charge in [-0.3, -0.25) is 0 Å². The van der Waals surface area contributed by atoms with Crippen molar-refractivity contribution in [3.8, 4) is 0 Å². The van der Waals surface area contributed by atoms with Gasteiger partial charge < -0.3 is 4.18 Å². The van der Waals surface area contributed by atoms with E-state index in [-0.39, 0.29) is 0 Å². The van der Waals surface area contributed by atoms with Gasteiger partial charge in [-0.2, -0.15) is 4.61 Å². The topological polar surface area (TPSA) is 33.0 Å². The van der Waals surface area contributed by atoms with E-state index in [0.717, 1.165) is 9.79 Å². The zero-order chi connectivity index (χ0) is 11.4. The molecule has 0 saturated heterocycles. The number of hydrogen-bond acceptors (Lipinski definition) is 2. The first-order valence-electron chi connectivity index (χ1n) is 4.99. The molecule has 0 aliphatic carbocycles. The molecule has 0 atom stereocenters. The lowest BCUT2D eigenvalue weighted by atomic mass is 10.4. The van der Waals surface area contributed by atoms with E-state index >= 15 is 0 Å². The van der Waals surface area contributed by atoms with E-state index in [0.29, 0.717) is 0 Å². The van der Waals surface area contributed by atoms with Crippen LogP contribution in [0, 0.1) is 4.61 Å². The van der Waals surface area contributed by atoms with E-state index in [1.807, 2.05) is 60.7 Å². The summed E-state index contributed by atoms with van der Waals surface area (Å²) in [6.07, 6.45) is 0. The van der Waals surface area contributed by atoms with Crippen LogP contribution in [0.2, 0.25) is 0 Å². The van der Waals surface area contributed by atoms with Crippen molar-refractivity contribution in [1.29, 1.82) is 4.61 Å². The maximum atomic E-state index is 10.6. The first-order chi connectivity index (χ1) is 7.77. The molecule has 0 fully saturated rings. The molecular weight excluding hydrogens is 218 g/mol. The van der Waals surface area contributed by atoms with Crippen molar-refractivity contribution in [1.82, 2.24) is 0 Å². The van der Waals surface area contributed by atoms with E-state index < -0.39 is 9.94 Å². The molecule has 82 valence electrons. The molecule has 0 N–H and O–H groups in total. The molecule has 0 heterocycles. The second kappa shape index (κ2) is 4.54. The molecule has 16 heavy (non-hydrogen) atoms. The summed E-state index contributed by atoms with van der Waals surface area (Å²) in [5, 5.41) is 0. The number of hydrogen-bond donors (Lipinski definition) is 0. The van der Waals surface area contributed by atoms with Crippen LogP contribution in [-0.2, 0) is 4.18 Å². The molecule has 0 unspecified atom stereocenters. The Kier molecular flexibility index (Phi) is 3.11. The minimum absolute atomic E-state index is 0.809. The molecule has 2 aromatic rings. The maximum absolute atomic E-state index is 10.6. The fraction of sp³-hybridized carbons (Fsp3) is 0.0769. The van der Waals surface area contributed by atoms with Crippen molar-refractivity contribution in [2.24, 2.45) is 0 Å². The fourth-order valence-electron chi connectivity index (χ4n) is 1.54. The molecule has 2 rings (SSSR count). The van der Waals surface area contributed by atoms with Gasteiger partial charge in [-0.1, -0.05) is 36.4 Å². The normalized spacial score (nSPS) is 11.2. The highest BCUT2D eigenvalue weighted by Crippen LogP contribution is 2.49. The van der Waals surface area contributed by atoms with Crippen molar-refractivity contribution in [2.75, 3.05) is 7.11 Å². The van der Waals surface area contributed by atoms with Crippen LogP contribution < -0.4 is 0 Å². The molecule has 2 nitrogen and oxygen atoms in total. The lowest BCUT2D eigenvalue weighted by Crippen LogP contribution is -1.91. The zero-order valence-electron chi connectivity index (χ0n) is 9.04. The van der Waals surface area contributed by atoms with E-state index in [2.05, 4.69) is 0 Å². The Labute approximate surface area is 96.6 Å². The lowest BCUT2D eigenvalue weighted by molar-refractivity contribution is 0.471. The standard InChI is InChI=1S/C13H13NOS/c1-15-16(14,12-8-4-2-5-9-12)13-10-6-3-7-11-13/h2-11H,1H3. The van der Waals surface area contributed by atoms with Gasteiger partial charge in [-0.25, -0.2) is 0 Å². The summed E-state index contributed by atoms with van der Waals surface area (Å²) in [5.74, 6) is 0. The summed E-state index contributed by atoms with van der Waals surface area (Å²) in [6, 6.07) is 19.0. The molecule has 0 amide bonds. The Morgan fingerprint density at radius 2 is 1.19 bits per heavy atom. The van der Waals surface area contributed by atoms with Gasteiger partial charge in [0, 0.05) is 0 Å². The van der Waals surface area contributed by atoms with E-state index in [1.165, 1.54) is 7.11 Å². The third kappa shape index (κ3) is 1.89. The highest BCUT2D eigenvalue weighted by Gasteiger charge is 2.18. The average Bonchev–Trinajstić information content (AvgIpc) is 2.40. The van der Waals surface area contributed by atoms with Crippen LogP contribution in [0.15, 0.2) is 70.5 Å². The SMILES string of the molecule is COS(#N)(c1ccccc1)c1ccccc1. The first kappa shape index (κ1) is 11.0. The monoisotopic (exact) mass is 231 g/mol. The Balaban J connectivity index is 2.56. The highest BCUT2D eigenvalue weighted by atomic mass is 32.2. The molecule has 0 saturated carbocycles. The van der Waals surface area contributed by atoms with Gasteiger partial charge in [0.2, 0.25) is 0 Å². The van der Waals surface area contributed by atoms with Gasteiger partial charge in [0.15, 0.2) is 0 Å². The predicted octanol–water partition coefficient (Wildman–Crippen LogP) is 3.95. The Morgan fingerprint density at radius 3 is 1.50 bits per heavy atom. The van der Waals surface area contributed by atoms with Crippen LogP contribution >= 0.6 is 9.94 Å². The van der Waals surface area contributed by atoms with Crippen molar-refractivity contribution in [3.63, 3.8) is 0 Å². The van der Waals surface area contributed by atoms with Gasteiger partial charge in [0.05, 0.1) is 26.8 Å². The Morgan fingerprint density at radius 1 is 0.812 bits per heavy atom. The van der Waals surface area contributed by atoms with Crippen molar-refractivity contribution in [3.05, 3.63) is 60.7 Å². The maximum Gasteiger partial charge on any atom is 0.0964 e. The molecular formula is C13H13NOS. The number of nitrogens with zero attached hydrogens (tertiary/aromatic N) is 1. The van der Waals surface area contributed by atoms with Gasteiger partial charge in [0.25, 0.3) is 0 Å². The Bertz CT molecular complexity index is 508. The third-order valence-corrected chi connectivity index (χ3v) is 4.67. The quantitative estimate of drug-likeness (QED) is 0.687. The molecule has 0 aromatic heterocycles. The van der Waals surface area contributed by atoms with Crippen molar-refractivity contribution >= 4 is 9.94 Å². The van der Waals surface area contributed by atoms with Gasteiger partial charge in [0.1, 0.15) is 0 Å². The van der Waals surface area contributed by atoms with Crippen LogP contribution in [0.1, 0.15) is 0 Å². The lowest BCUT2D eigenvalue weighted by Gasteiger charge is -2.17. The average molecular weight is 231 g/mol. The van der Waals surface area contributed by atoms with Crippen LogP contribution in [0.5, 0.6) is 0 Å². The summed E-state index contributed by atoms with van der Waals surface area (Å²) in [4.78, 5) is 1.62. The van der Waals surface area contributed by atoms with Crippen LogP contribution in [0.4, 0.5) is 0 Å². The summed E-state index contributed by atoms with van der Waals surface area (Å²) < 4.78 is 16.0. The zero-order valence-corrected chi connectivity index (χ0v) is 9.85. The summed E-state index contributed by atoms with van der Waals surface area (Å²) in [5.41, 5.74) is 0. The minimum atomic E-state index is -2.33. The molecule has 0 radical (unpaired) electrons. The summed E-state index contributed by atoms with van der Waals surface area (Å²) in [6.45, 7) is 0. The minimum Gasteiger partial charge on any atom is -0.301 e. The van der Waals surface area contributed by atoms with E-state index in [4.69, 9.17) is 4.18 Å². The second-order valence-electron chi connectivity index (χ2n) is 3.32. The largest absolute Gasteiger partial charge is 0.301 e. The van der Waals surface area contributed by atoms with Crippen LogP contribution in [0.3, 0.4) is 0 Å². The van der Waals surface area contributed by atoms with Gasteiger partial charge in [-0.15, -0.1) is 0 Å². The number of benzene rings is 2. The summed E-state index contributed by atoms with van der Waals surface area (Å²) in [7, 11) is -0.797. The molecule has 0 spiro atoms. The molecule has 3 heteroatoms. The first-order valence-corrected chi connectivity index (χ1v) is 6.50. The summed E-state index contributed by atoms with van der Waals surface area (Å²) >= 11 is 0. The number of rotatable bonds is 0. The van der Waals surface area contributed by atoms with Gasteiger partial charge in [-0.05, 0) is 24.3 Å². The van der Waals surface area contributed by atoms with Crippen LogP contribution in [-0.4, -0.2) is 7.11 Å². The Hall–Kier alpha value is -1.54.